The molecule has 1 aromatic rings. The number of Topliss-reactive ketones (excluding diaryl/α,β-unsaturated/α-hetero) is 1. The van der Waals surface area contributed by atoms with E-state index in [0.29, 0.717) is 25.0 Å². The Morgan fingerprint density at radius 1 is 1.18 bits per heavy atom. The van der Waals surface area contributed by atoms with E-state index in [9.17, 15) is 14.4 Å². The highest BCUT2D eigenvalue weighted by molar-refractivity contribution is 6.07. The van der Waals surface area contributed by atoms with Gasteiger partial charge in [-0.25, -0.2) is 9.59 Å². The molecule has 0 amide bonds. The first-order valence-electron chi connectivity index (χ1n) is 5.26. The van der Waals surface area contributed by atoms with Gasteiger partial charge in [-0.15, -0.1) is 0 Å². The predicted molar refractivity (Wildman–Crippen MR) is 56.7 cm³/mol. The number of ketones is 1. The molecule has 0 saturated heterocycles. The molecular weight excluding hydrogens is 226 g/mol. The highest BCUT2D eigenvalue weighted by Crippen LogP contribution is 2.25. The number of hydrogen-bond donors (Lipinski definition) is 2. The van der Waals surface area contributed by atoms with Crippen molar-refractivity contribution in [2.75, 3.05) is 0 Å². The lowest BCUT2D eigenvalue weighted by Crippen LogP contribution is -2.11. The van der Waals surface area contributed by atoms with Crippen molar-refractivity contribution in [1.82, 2.24) is 4.57 Å². The Morgan fingerprint density at radius 2 is 1.82 bits per heavy atom. The maximum absolute atomic E-state index is 11.8. The van der Waals surface area contributed by atoms with Crippen molar-refractivity contribution in [2.24, 2.45) is 0 Å². The number of aromatic nitrogens is 1. The molecule has 0 atom stereocenters. The molecule has 1 aliphatic carbocycles. The molecular formula is C11H11NO5. The second-order valence-corrected chi connectivity index (χ2v) is 3.95. The fourth-order valence-electron chi connectivity index (χ4n) is 2.14. The van der Waals surface area contributed by atoms with E-state index < -0.39 is 12.1 Å². The van der Waals surface area contributed by atoms with Crippen molar-refractivity contribution in [1.29, 1.82) is 0 Å². The molecule has 90 valence electrons. The van der Waals surface area contributed by atoms with E-state index in [2.05, 4.69) is 0 Å². The number of carboxylic acid groups (broad SMARTS) is 2. The summed E-state index contributed by atoms with van der Waals surface area (Å²) in [7, 11) is 0. The minimum absolute atomic E-state index is 0.0670. The van der Waals surface area contributed by atoms with Gasteiger partial charge in [0.05, 0.1) is 11.1 Å². The summed E-state index contributed by atoms with van der Waals surface area (Å²) >= 11 is 0. The van der Waals surface area contributed by atoms with Crippen molar-refractivity contribution in [3.63, 3.8) is 0 Å². The second kappa shape index (κ2) is 4.04. The summed E-state index contributed by atoms with van der Waals surface area (Å²) in [5.74, 6) is -1.55. The topological polar surface area (TPSA) is 96.6 Å². The fourth-order valence-corrected chi connectivity index (χ4v) is 2.14. The minimum atomic E-state index is -1.27. The first kappa shape index (κ1) is 11.4. The third-order valence-electron chi connectivity index (χ3n) is 2.89. The van der Waals surface area contributed by atoms with E-state index >= 15 is 0 Å². The number of nitrogens with zero attached hydrogens (tertiary/aromatic N) is 1. The minimum Gasteiger partial charge on any atom is -0.478 e. The summed E-state index contributed by atoms with van der Waals surface area (Å²) in [6.45, 7) is 0. The number of fused-ring (bicyclic) bond motifs is 1. The van der Waals surface area contributed by atoms with Crippen molar-refractivity contribution < 1.29 is 24.6 Å². The van der Waals surface area contributed by atoms with Crippen molar-refractivity contribution in [3.05, 3.63) is 23.0 Å². The SMILES string of the molecule is O=C(O)c1cn(C(=O)O)c2c1C(=O)CCCC2. The van der Waals surface area contributed by atoms with Crippen LogP contribution in [-0.4, -0.2) is 32.6 Å². The molecule has 0 aromatic carbocycles. The molecule has 0 radical (unpaired) electrons. The molecule has 1 aromatic heterocycles. The van der Waals surface area contributed by atoms with E-state index in [4.69, 9.17) is 10.2 Å². The van der Waals surface area contributed by atoms with Crippen LogP contribution in [0.2, 0.25) is 0 Å². The molecule has 0 bridgehead atoms. The number of carboxylic acids is 1. The zero-order valence-corrected chi connectivity index (χ0v) is 8.97. The van der Waals surface area contributed by atoms with Gasteiger partial charge in [-0.2, -0.15) is 0 Å². The Labute approximate surface area is 96.5 Å². The van der Waals surface area contributed by atoms with Gasteiger partial charge in [-0.05, 0) is 19.3 Å². The van der Waals surface area contributed by atoms with Gasteiger partial charge in [0.2, 0.25) is 0 Å². The highest BCUT2D eigenvalue weighted by atomic mass is 16.4. The maximum Gasteiger partial charge on any atom is 0.415 e. The van der Waals surface area contributed by atoms with Crippen LogP contribution in [0.4, 0.5) is 4.79 Å². The standard InChI is InChI=1S/C11H11NO5/c13-8-4-2-1-3-7-9(8)6(10(14)15)5-12(7)11(16)17/h5H,1-4H2,(H,14,15)(H,16,17). The Kier molecular flexibility index (Phi) is 2.71. The molecule has 0 aliphatic heterocycles. The number of carbonyl (C=O) groups is 3. The van der Waals surface area contributed by atoms with Crippen molar-refractivity contribution in [2.45, 2.75) is 25.7 Å². The molecule has 2 rings (SSSR count). The first-order chi connectivity index (χ1) is 8.02. The van der Waals surface area contributed by atoms with E-state index in [-0.39, 0.29) is 23.3 Å². The smallest absolute Gasteiger partial charge is 0.415 e. The lowest BCUT2D eigenvalue weighted by molar-refractivity contribution is 0.0692. The van der Waals surface area contributed by atoms with Crippen molar-refractivity contribution in [3.8, 4) is 0 Å². The predicted octanol–water partition coefficient (Wildman–Crippen LogP) is 1.62. The zero-order chi connectivity index (χ0) is 12.6. The molecule has 0 unspecified atom stereocenters. The number of carbonyl (C=O) groups excluding carboxylic acids is 1. The van der Waals surface area contributed by atoms with Crippen LogP contribution in [0, 0.1) is 0 Å². The number of rotatable bonds is 1. The molecule has 0 fully saturated rings. The first-order valence-corrected chi connectivity index (χ1v) is 5.26. The van der Waals surface area contributed by atoms with Gasteiger partial charge < -0.3 is 10.2 Å². The highest BCUT2D eigenvalue weighted by Gasteiger charge is 2.28. The van der Waals surface area contributed by atoms with Crippen LogP contribution in [0.25, 0.3) is 0 Å². The van der Waals surface area contributed by atoms with Gasteiger partial charge in [0, 0.05) is 18.3 Å². The average molecular weight is 237 g/mol. The van der Waals surface area contributed by atoms with E-state index in [1.807, 2.05) is 0 Å². The van der Waals surface area contributed by atoms with Crippen LogP contribution >= 0.6 is 0 Å². The third kappa shape index (κ3) is 1.82. The van der Waals surface area contributed by atoms with Gasteiger partial charge in [-0.1, -0.05) is 0 Å². The summed E-state index contributed by atoms with van der Waals surface area (Å²) < 4.78 is 0.849. The monoisotopic (exact) mass is 237 g/mol. The van der Waals surface area contributed by atoms with Gasteiger partial charge in [0.25, 0.3) is 0 Å². The molecule has 6 heteroatoms. The molecule has 6 nitrogen and oxygen atoms in total. The normalized spacial score (nSPS) is 15.2. The van der Waals surface area contributed by atoms with Crippen LogP contribution < -0.4 is 0 Å². The summed E-state index contributed by atoms with van der Waals surface area (Å²) in [4.78, 5) is 33.8. The number of aromatic carboxylic acids is 1. The van der Waals surface area contributed by atoms with E-state index in [1.165, 1.54) is 0 Å². The summed E-state index contributed by atoms with van der Waals surface area (Å²) in [5, 5.41) is 18.0. The quantitative estimate of drug-likeness (QED) is 0.723. The molecule has 0 spiro atoms. The molecule has 2 N–H and O–H groups in total. The lowest BCUT2D eigenvalue weighted by Gasteiger charge is -2.02. The Hall–Kier alpha value is -2.11. The van der Waals surface area contributed by atoms with Crippen LogP contribution in [0.3, 0.4) is 0 Å². The van der Waals surface area contributed by atoms with E-state index in [1.54, 1.807) is 0 Å². The maximum atomic E-state index is 11.8. The summed E-state index contributed by atoms with van der Waals surface area (Å²) in [6.07, 6.45) is 1.79. The van der Waals surface area contributed by atoms with Gasteiger partial charge in [0.15, 0.2) is 5.78 Å². The van der Waals surface area contributed by atoms with E-state index in [0.717, 1.165) is 10.8 Å². The summed E-state index contributed by atoms with van der Waals surface area (Å²) in [6, 6.07) is 0. The third-order valence-corrected chi connectivity index (χ3v) is 2.89. The van der Waals surface area contributed by atoms with Gasteiger partial charge in [0.1, 0.15) is 0 Å². The average Bonchev–Trinajstić information content (AvgIpc) is 2.54. The lowest BCUT2D eigenvalue weighted by atomic mass is 10.1. The molecule has 1 heterocycles. The van der Waals surface area contributed by atoms with Gasteiger partial charge >= 0.3 is 12.1 Å². The Balaban J connectivity index is 2.68. The van der Waals surface area contributed by atoms with Crippen LogP contribution in [0.1, 0.15) is 45.7 Å². The number of hydrogen-bond acceptors (Lipinski definition) is 3. The van der Waals surface area contributed by atoms with Gasteiger partial charge in [-0.3, -0.25) is 9.36 Å². The fraction of sp³-hybridized carbons (Fsp3) is 0.364. The molecule has 1 aliphatic rings. The van der Waals surface area contributed by atoms with Crippen LogP contribution in [0.15, 0.2) is 6.20 Å². The molecule has 17 heavy (non-hydrogen) atoms. The van der Waals surface area contributed by atoms with Crippen LogP contribution in [-0.2, 0) is 6.42 Å². The summed E-state index contributed by atoms with van der Waals surface area (Å²) in [5.41, 5.74) is 0.157. The zero-order valence-electron chi connectivity index (χ0n) is 8.97. The second-order valence-electron chi connectivity index (χ2n) is 3.95. The largest absolute Gasteiger partial charge is 0.478 e. The Bertz CT molecular complexity index is 514. The van der Waals surface area contributed by atoms with Crippen molar-refractivity contribution >= 4 is 17.8 Å². The van der Waals surface area contributed by atoms with Crippen LogP contribution in [0.5, 0.6) is 0 Å². The Morgan fingerprint density at radius 3 is 2.41 bits per heavy atom. The molecule has 0 saturated carbocycles.